The Bertz CT molecular complexity index is 1210. The number of carbonyl (C=O) groups is 1. The van der Waals surface area contributed by atoms with Crippen LogP contribution in [0.1, 0.15) is 42.6 Å². The van der Waals surface area contributed by atoms with Crippen LogP contribution in [0.4, 0.5) is 11.6 Å². The molecule has 4 rings (SSSR count). The zero-order valence-electron chi connectivity index (χ0n) is 22.9. The Kier molecular flexibility index (Phi) is 10.6. The van der Waals surface area contributed by atoms with E-state index in [4.69, 9.17) is 9.72 Å². The Balaban J connectivity index is 1.30. The molecule has 0 amide bonds. The van der Waals surface area contributed by atoms with Gasteiger partial charge in [-0.25, -0.2) is 19.7 Å². The first-order valence-corrected chi connectivity index (χ1v) is 13.7. The Hall–Kier alpha value is -3.63. The van der Waals surface area contributed by atoms with E-state index in [2.05, 4.69) is 42.6 Å². The predicted octanol–water partition coefficient (Wildman–Crippen LogP) is 3.83. The molecule has 208 valence electrons. The van der Waals surface area contributed by atoms with Crippen molar-refractivity contribution in [2.24, 2.45) is 0 Å². The topological polar surface area (TPSA) is 125 Å². The van der Waals surface area contributed by atoms with Gasteiger partial charge in [0.1, 0.15) is 17.7 Å². The number of pyridine rings is 2. The largest absolute Gasteiger partial charge is 0.480 e. The molecule has 1 unspecified atom stereocenters. The van der Waals surface area contributed by atoms with E-state index in [-0.39, 0.29) is 0 Å². The van der Waals surface area contributed by atoms with Crippen molar-refractivity contribution in [3.05, 3.63) is 59.7 Å². The molecule has 3 aromatic heterocycles. The van der Waals surface area contributed by atoms with Crippen molar-refractivity contribution >= 4 is 17.6 Å². The summed E-state index contributed by atoms with van der Waals surface area (Å²) in [6.07, 6.45) is 9.01. The number of nitrogens with zero attached hydrogens (tertiary/aromatic N) is 5. The molecule has 10 nitrogen and oxygen atoms in total. The van der Waals surface area contributed by atoms with Crippen molar-refractivity contribution in [2.75, 3.05) is 50.5 Å². The second kappa shape index (κ2) is 14.5. The average Bonchev–Trinajstić information content (AvgIpc) is 2.95. The molecule has 0 aliphatic carbocycles. The fraction of sp³-hybridized carbons (Fsp3) is 0.483. The van der Waals surface area contributed by atoms with Gasteiger partial charge in [-0.1, -0.05) is 6.07 Å². The molecule has 3 aromatic rings. The normalized spacial score (nSPS) is 13.5. The van der Waals surface area contributed by atoms with E-state index in [1.165, 1.54) is 5.56 Å². The number of carboxylic acids is 1. The summed E-state index contributed by atoms with van der Waals surface area (Å²) in [6, 6.07) is 9.01. The average molecular weight is 534 g/mol. The zero-order chi connectivity index (χ0) is 27.5. The second-order valence-corrected chi connectivity index (χ2v) is 9.91. The lowest BCUT2D eigenvalue weighted by Gasteiger charge is -2.24. The molecule has 0 bridgehead atoms. The first kappa shape index (κ1) is 28.4. The molecule has 1 aliphatic heterocycles. The van der Waals surface area contributed by atoms with Gasteiger partial charge >= 0.3 is 5.97 Å². The van der Waals surface area contributed by atoms with Gasteiger partial charge in [-0.05, 0) is 75.8 Å². The number of carboxylic acid groups (broad SMARTS) is 1. The van der Waals surface area contributed by atoms with Gasteiger partial charge in [0, 0.05) is 62.2 Å². The van der Waals surface area contributed by atoms with Crippen LogP contribution in [0, 0.1) is 6.92 Å². The number of fused-ring (bicyclic) bond motifs is 1. The van der Waals surface area contributed by atoms with Crippen molar-refractivity contribution in [3.63, 3.8) is 0 Å². The van der Waals surface area contributed by atoms with E-state index >= 15 is 0 Å². The molecule has 0 spiro atoms. The Morgan fingerprint density at radius 2 is 1.97 bits per heavy atom. The molecule has 39 heavy (non-hydrogen) atoms. The standard InChI is InChI=1S/C29H39N7O3/c1-21-20-26(35-28(32-21)23-10-14-30-15-11-23)34-25(29(37)38)12-17-36(18-19-39-2)16-4-3-7-24-9-8-22-6-5-13-31-27(22)33-24/h8-11,14-15,20,25H,3-7,12-13,16-19H2,1-2H3,(H,31,33)(H,37,38)(H,32,34,35). The third-order valence-corrected chi connectivity index (χ3v) is 6.87. The summed E-state index contributed by atoms with van der Waals surface area (Å²) in [5.41, 5.74) is 4.02. The van der Waals surface area contributed by atoms with Gasteiger partial charge in [0.2, 0.25) is 0 Å². The molecule has 4 heterocycles. The van der Waals surface area contributed by atoms with Crippen molar-refractivity contribution in [2.45, 2.75) is 51.5 Å². The van der Waals surface area contributed by atoms with E-state index in [0.29, 0.717) is 31.2 Å². The molecule has 1 aliphatic rings. The van der Waals surface area contributed by atoms with Crippen LogP contribution in [-0.4, -0.2) is 81.8 Å². The molecule has 0 saturated heterocycles. The van der Waals surface area contributed by atoms with Crippen LogP contribution in [0.5, 0.6) is 0 Å². The van der Waals surface area contributed by atoms with Gasteiger partial charge < -0.3 is 25.4 Å². The summed E-state index contributed by atoms with van der Waals surface area (Å²) in [7, 11) is 1.69. The van der Waals surface area contributed by atoms with Crippen LogP contribution in [-0.2, 0) is 22.4 Å². The van der Waals surface area contributed by atoms with Crippen LogP contribution >= 0.6 is 0 Å². The smallest absolute Gasteiger partial charge is 0.326 e. The lowest BCUT2D eigenvalue weighted by molar-refractivity contribution is -0.138. The van der Waals surface area contributed by atoms with Crippen molar-refractivity contribution in [3.8, 4) is 11.4 Å². The Morgan fingerprint density at radius 1 is 1.13 bits per heavy atom. The van der Waals surface area contributed by atoms with Crippen LogP contribution < -0.4 is 10.6 Å². The SMILES string of the molecule is COCCN(CCCCc1ccc2c(n1)NCCC2)CCC(Nc1cc(C)nc(-c2ccncc2)n1)C(=O)O. The summed E-state index contributed by atoms with van der Waals surface area (Å²) < 4.78 is 5.31. The number of ether oxygens (including phenoxy) is 1. The number of aliphatic carboxylic acids is 1. The Morgan fingerprint density at radius 3 is 2.77 bits per heavy atom. The predicted molar refractivity (Wildman–Crippen MR) is 152 cm³/mol. The van der Waals surface area contributed by atoms with Crippen molar-refractivity contribution in [1.29, 1.82) is 0 Å². The molecule has 1 atom stereocenters. The van der Waals surface area contributed by atoms with Crippen molar-refractivity contribution in [1.82, 2.24) is 24.8 Å². The molecule has 0 aromatic carbocycles. The number of anilines is 2. The van der Waals surface area contributed by atoms with Crippen LogP contribution in [0.3, 0.4) is 0 Å². The summed E-state index contributed by atoms with van der Waals surface area (Å²) >= 11 is 0. The third-order valence-electron chi connectivity index (χ3n) is 6.87. The first-order chi connectivity index (χ1) is 19.0. The third kappa shape index (κ3) is 8.69. The molecular formula is C29H39N7O3. The fourth-order valence-electron chi connectivity index (χ4n) is 4.73. The minimum absolute atomic E-state index is 0.435. The minimum Gasteiger partial charge on any atom is -0.480 e. The highest BCUT2D eigenvalue weighted by molar-refractivity contribution is 5.77. The number of rotatable bonds is 15. The van der Waals surface area contributed by atoms with Gasteiger partial charge in [-0.3, -0.25) is 4.98 Å². The minimum atomic E-state index is -0.907. The number of nitrogens with one attached hydrogen (secondary N) is 2. The van der Waals surface area contributed by atoms with E-state index in [9.17, 15) is 9.90 Å². The lowest BCUT2D eigenvalue weighted by atomic mass is 10.1. The van der Waals surface area contributed by atoms with Crippen LogP contribution in [0.15, 0.2) is 42.7 Å². The highest BCUT2D eigenvalue weighted by atomic mass is 16.5. The monoisotopic (exact) mass is 533 g/mol. The number of hydrogen-bond acceptors (Lipinski definition) is 9. The maximum atomic E-state index is 12.1. The van der Waals surface area contributed by atoms with Crippen LogP contribution in [0.25, 0.3) is 11.4 Å². The van der Waals surface area contributed by atoms with Gasteiger partial charge in [-0.2, -0.15) is 0 Å². The number of hydrogen-bond donors (Lipinski definition) is 3. The summed E-state index contributed by atoms with van der Waals surface area (Å²) in [4.78, 5) is 32.3. The maximum Gasteiger partial charge on any atom is 0.326 e. The number of unbranched alkanes of at least 4 members (excludes halogenated alkanes) is 1. The first-order valence-electron chi connectivity index (χ1n) is 13.7. The Labute approximate surface area is 230 Å². The fourth-order valence-corrected chi connectivity index (χ4v) is 4.73. The molecule has 0 fully saturated rings. The summed E-state index contributed by atoms with van der Waals surface area (Å²) in [5, 5.41) is 16.5. The van der Waals surface area contributed by atoms with Crippen LogP contribution in [0.2, 0.25) is 0 Å². The van der Waals surface area contributed by atoms with E-state index in [1.54, 1.807) is 25.6 Å². The molecule has 0 saturated carbocycles. The zero-order valence-corrected chi connectivity index (χ0v) is 22.9. The summed E-state index contributed by atoms with van der Waals surface area (Å²) in [6.45, 7) is 5.72. The van der Waals surface area contributed by atoms with E-state index < -0.39 is 12.0 Å². The van der Waals surface area contributed by atoms with Gasteiger partial charge in [-0.15, -0.1) is 0 Å². The van der Waals surface area contributed by atoms with E-state index in [0.717, 1.165) is 74.5 Å². The maximum absolute atomic E-state index is 12.1. The second-order valence-electron chi connectivity index (χ2n) is 9.91. The lowest BCUT2D eigenvalue weighted by Crippen LogP contribution is -2.37. The molecular weight excluding hydrogens is 494 g/mol. The summed E-state index contributed by atoms with van der Waals surface area (Å²) in [5.74, 6) is 1.17. The quantitative estimate of drug-likeness (QED) is 0.248. The highest BCUT2D eigenvalue weighted by Crippen LogP contribution is 2.21. The number of methoxy groups -OCH3 is 1. The molecule has 0 radical (unpaired) electrons. The molecule has 3 N–H and O–H groups in total. The molecule has 10 heteroatoms. The van der Waals surface area contributed by atoms with E-state index in [1.807, 2.05) is 19.1 Å². The van der Waals surface area contributed by atoms with Gasteiger partial charge in [0.05, 0.1) is 6.61 Å². The van der Waals surface area contributed by atoms with Gasteiger partial charge in [0.25, 0.3) is 0 Å². The highest BCUT2D eigenvalue weighted by Gasteiger charge is 2.20. The van der Waals surface area contributed by atoms with Gasteiger partial charge in [0.15, 0.2) is 5.82 Å². The number of aryl methyl sites for hydroxylation is 3. The number of aromatic nitrogens is 4. The van der Waals surface area contributed by atoms with Crippen molar-refractivity contribution < 1.29 is 14.6 Å².